The molecule has 2 rings (SSSR count). The molecule has 1 saturated carbocycles. The van der Waals surface area contributed by atoms with Crippen LogP contribution >= 0.6 is 0 Å². The summed E-state index contributed by atoms with van der Waals surface area (Å²) in [7, 11) is 0. The van der Waals surface area contributed by atoms with Crippen molar-refractivity contribution in [2.24, 2.45) is 11.7 Å². The Hall–Kier alpha value is -1.07. The zero-order chi connectivity index (χ0) is 12.4. The molecule has 1 aromatic carbocycles. The number of hydrogen-bond donors (Lipinski definition) is 2. The van der Waals surface area contributed by atoms with Gasteiger partial charge in [0.2, 0.25) is 0 Å². The van der Waals surface area contributed by atoms with Gasteiger partial charge in [0.15, 0.2) is 17.5 Å². The first-order valence-electron chi connectivity index (χ1n) is 5.69. The maximum atomic E-state index is 13.1. The number of halogens is 3. The molecule has 0 aromatic heterocycles. The van der Waals surface area contributed by atoms with Gasteiger partial charge >= 0.3 is 0 Å². The first kappa shape index (κ1) is 12.4. The highest BCUT2D eigenvalue weighted by atomic mass is 19.2. The highest BCUT2D eigenvalue weighted by Gasteiger charge is 2.23. The largest absolute Gasteiger partial charge is 0.329 e. The van der Waals surface area contributed by atoms with E-state index in [0.29, 0.717) is 11.5 Å². The number of nitrogens with two attached hydrogens (primary N) is 1. The molecule has 1 aliphatic rings. The van der Waals surface area contributed by atoms with Crippen molar-refractivity contribution in [2.75, 3.05) is 13.1 Å². The predicted molar refractivity (Wildman–Crippen MR) is 58.8 cm³/mol. The Bertz CT molecular complexity index is 382. The standard InChI is InChI=1S/C12H15F3N2/c13-9-3-8(4-10(14)12(9)15)11(5-16)17-6-7-1-2-7/h3-4,7,11,17H,1-2,5-6,16H2. The molecule has 0 amide bonds. The van der Waals surface area contributed by atoms with E-state index in [4.69, 9.17) is 5.73 Å². The molecule has 0 radical (unpaired) electrons. The topological polar surface area (TPSA) is 38.0 Å². The Kier molecular flexibility index (Phi) is 3.69. The van der Waals surface area contributed by atoms with Crippen molar-refractivity contribution < 1.29 is 13.2 Å². The predicted octanol–water partition coefficient (Wildman–Crippen LogP) is 2.10. The smallest absolute Gasteiger partial charge is 0.194 e. The average Bonchev–Trinajstić information content (AvgIpc) is 3.10. The Balaban J connectivity index is 2.11. The third-order valence-corrected chi connectivity index (χ3v) is 2.99. The minimum Gasteiger partial charge on any atom is -0.329 e. The van der Waals surface area contributed by atoms with Crippen molar-refractivity contribution in [1.82, 2.24) is 5.32 Å². The van der Waals surface area contributed by atoms with Crippen LogP contribution < -0.4 is 11.1 Å². The fourth-order valence-corrected chi connectivity index (χ4v) is 1.74. The summed E-state index contributed by atoms with van der Waals surface area (Å²) in [6, 6.07) is 1.66. The summed E-state index contributed by atoms with van der Waals surface area (Å²) in [6.07, 6.45) is 2.35. The van der Waals surface area contributed by atoms with Gasteiger partial charge in [0.1, 0.15) is 0 Å². The van der Waals surface area contributed by atoms with E-state index in [1.165, 1.54) is 12.8 Å². The van der Waals surface area contributed by atoms with E-state index in [9.17, 15) is 13.2 Å². The molecular weight excluding hydrogens is 229 g/mol. The van der Waals surface area contributed by atoms with E-state index in [0.717, 1.165) is 18.7 Å². The lowest BCUT2D eigenvalue weighted by molar-refractivity contribution is 0.438. The molecule has 1 aromatic rings. The van der Waals surface area contributed by atoms with E-state index in [1.807, 2.05) is 0 Å². The third-order valence-electron chi connectivity index (χ3n) is 2.99. The second-order valence-electron chi connectivity index (χ2n) is 4.44. The molecule has 3 N–H and O–H groups in total. The van der Waals surface area contributed by atoms with Gasteiger partial charge < -0.3 is 11.1 Å². The maximum absolute atomic E-state index is 13.1. The molecule has 0 heterocycles. The van der Waals surface area contributed by atoms with E-state index in [1.54, 1.807) is 0 Å². The highest BCUT2D eigenvalue weighted by molar-refractivity contribution is 5.23. The summed E-state index contributed by atoms with van der Waals surface area (Å²) in [4.78, 5) is 0. The van der Waals surface area contributed by atoms with Gasteiger partial charge in [-0.05, 0) is 43.0 Å². The van der Waals surface area contributed by atoms with Gasteiger partial charge in [-0.25, -0.2) is 13.2 Å². The molecule has 0 saturated heterocycles. The number of hydrogen-bond acceptors (Lipinski definition) is 2. The van der Waals surface area contributed by atoms with Crippen LogP contribution in [0.3, 0.4) is 0 Å². The minimum absolute atomic E-state index is 0.219. The van der Waals surface area contributed by atoms with Crippen LogP contribution in [0.25, 0.3) is 0 Å². The van der Waals surface area contributed by atoms with Gasteiger partial charge in [0.25, 0.3) is 0 Å². The van der Waals surface area contributed by atoms with Crippen LogP contribution in [0.4, 0.5) is 13.2 Å². The maximum Gasteiger partial charge on any atom is 0.194 e. The summed E-state index contributed by atoms with van der Waals surface area (Å²) < 4.78 is 38.9. The molecule has 1 atom stereocenters. The van der Waals surface area contributed by atoms with Crippen molar-refractivity contribution in [3.05, 3.63) is 35.1 Å². The first-order valence-corrected chi connectivity index (χ1v) is 5.69. The van der Waals surface area contributed by atoms with Crippen LogP contribution in [-0.4, -0.2) is 13.1 Å². The number of nitrogens with one attached hydrogen (secondary N) is 1. The van der Waals surface area contributed by atoms with E-state index in [2.05, 4.69) is 5.32 Å². The van der Waals surface area contributed by atoms with Crippen LogP contribution in [0.5, 0.6) is 0 Å². The lowest BCUT2D eigenvalue weighted by Gasteiger charge is -2.17. The molecule has 94 valence electrons. The molecule has 0 aliphatic heterocycles. The molecule has 0 bridgehead atoms. The zero-order valence-corrected chi connectivity index (χ0v) is 9.35. The third kappa shape index (κ3) is 2.98. The van der Waals surface area contributed by atoms with Crippen molar-refractivity contribution >= 4 is 0 Å². The van der Waals surface area contributed by atoms with Gasteiger partial charge in [0, 0.05) is 12.6 Å². The van der Waals surface area contributed by atoms with Crippen molar-refractivity contribution in [3.8, 4) is 0 Å². The minimum atomic E-state index is -1.44. The summed E-state index contributed by atoms with van der Waals surface area (Å²) in [6.45, 7) is 1.000. The SMILES string of the molecule is NCC(NCC1CC1)c1cc(F)c(F)c(F)c1. The van der Waals surface area contributed by atoms with Crippen LogP contribution in [0, 0.1) is 23.4 Å². The lowest BCUT2D eigenvalue weighted by Crippen LogP contribution is -2.30. The number of benzene rings is 1. The average molecular weight is 244 g/mol. The van der Waals surface area contributed by atoms with Gasteiger partial charge in [-0.2, -0.15) is 0 Å². The molecule has 1 unspecified atom stereocenters. The zero-order valence-electron chi connectivity index (χ0n) is 9.35. The van der Waals surface area contributed by atoms with Gasteiger partial charge in [0.05, 0.1) is 0 Å². The monoisotopic (exact) mass is 244 g/mol. The van der Waals surface area contributed by atoms with E-state index < -0.39 is 17.5 Å². The second-order valence-corrected chi connectivity index (χ2v) is 4.44. The van der Waals surface area contributed by atoms with Crippen LogP contribution in [0.2, 0.25) is 0 Å². The second kappa shape index (κ2) is 5.06. The summed E-state index contributed by atoms with van der Waals surface area (Å²) in [5, 5.41) is 3.14. The molecular formula is C12H15F3N2. The molecule has 5 heteroatoms. The Labute approximate surface area is 98.0 Å². The molecule has 2 nitrogen and oxygen atoms in total. The van der Waals surface area contributed by atoms with E-state index in [-0.39, 0.29) is 12.6 Å². The van der Waals surface area contributed by atoms with Crippen LogP contribution in [0.15, 0.2) is 12.1 Å². The highest BCUT2D eigenvalue weighted by Crippen LogP contribution is 2.28. The Morgan fingerprint density at radius 2 is 1.82 bits per heavy atom. The first-order chi connectivity index (χ1) is 8.11. The Morgan fingerprint density at radius 3 is 2.29 bits per heavy atom. The summed E-state index contributed by atoms with van der Waals surface area (Å²) in [5.74, 6) is -3.15. The quantitative estimate of drug-likeness (QED) is 0.778. The molecule has 17 heavy (non-hydrogen) atoms. The van der Waals surface area contributed by atoms with Crippen LogP contribution in [0.1, 0.15) is 24.4 Å². The van der Waals surface area contributed by atoms with Gasteiger partial charge in [-0.15, -0.1) is 0 Å². The van der Waals surface area contributed by atoms with Crippen molar-refractivity contribution in [3.63, 3.8) is 0 Å². The molecule has 1 aliphatic carbocycles. The summed E-state index contributed by atoms with van der Waals surface area (Å²) in [5.41, 5.74) is 5.90. The summed E-state index contributed by atoms with van der Waals surface area (Å²) >= 11 is 0. The van der Waals surface area contributed by atoms with E-state index >= 15 is 0 Å². The van der Waals surface area contributed by atoms with Crippen LogP contribution in [-0.2, 0) is 0 Å². The number of rotatable bonds is 5. The Morgan fingerprint density at radius 1 is 1.24 bits per heavy atom. The van der Waals surface area contributed by atoms with Gasteiger partial charge in [-0.3, -0.25) is 0 Å². The molecule has 0 spiro atoms. The van der Waals surface area contributed by atoms with Gasteiger partial charge in [-0.1, -0.05) is 0 Å². The fourth-order valence-electron chi connectivity index (χ4n) is 1.74. The normalized spacial score (nSPS) is 17.2. The van der Waals surface area contributed by atoms with Crippen molar-refractivity contribution in [2.45, 2.75) is 18.9 Å². The lowest BCUT2D eigenvalue weighted by atomic mass is 10.1. The van der Waals surface area contributed by atoms with Crippen molar-refractivity contribution in [1.29, 1.82) is 0 Å². The molecule has 1 fully saturated rings. The fraction of sp³-hybridized carbons (Fsp3) is 0.500.